The number of carbonyl (C=O) groups excluding carboxylic acids is 1. The Balaban J connectivity index is 2.14. The third kappa shape index (κ3) is 4.80. The van der Waals surface area contributed by atoms with Crippen LogP contribution in [0.3, 0.4) is 0 Å². The lowest BCUT2D eigenvalue weighted by molar-refractivity contribution is 0.0797. The Hall–Kier alpha value is -2.45. The van der Waals surface area contributed by atoms with E-state index < -0.39 is 15.8 Å². The van der Waals surface area contributed by atoms with Crippen molar-refractivity contribution in [1.82, 2.24) is 10.2 Å². The zero-order chi connectivity index (χ0) is 19.3. The van der Waals surface area contributed by atoms with E-state index in [-0.39, 0.29) is 10.8 Å². The van der Waals surface area contributed by atoms with E-state index in [9.17, 15) is 17.6 Å². The van der Waals surface area contributed by atoms with E-state index in [0.717, 1.165) is 12.1 Å². The van der Waals surface area contributed by atoms with Crippen LogP contribution in [0.5, 0.6) is 0 Å². The van der Waals surface area contributed by atoms with Crippen molar-refractivity contribution in [3.05, 3.63) is 59.4 Å². The molecule has 0 saturated heterocycles. The Morgan fingerprint density at radius 3 is 2.38 bits per heavy atom. The number of carbonyl (C=O) groups is 1. The van der Waals surface area contributed by atoms with Crippen molar-refractivity contribution in [2.24, 2.45) is 0 Å². The van der Waals surface area contributed by atoms with Gasteiger partial charge in [0.15, 0.2) is 0 Å². The Labute approximate surface area is 153 Å². The molecule has 0 unspecified atom stereocenters. The number of hydrogen-bond acceptors (Lipinski definition) is 4. The van der Waals surface area contributed by atoms with Gasteiger partial charge < -0.3 is 10.2 Å². The molecular formula is C18H22FN3O3S. The summed E-state index contributed by atoms with van der Waals surface area (Å²) in [5.74, 6) is -0.643. The highest BCUT2D eigenvalue weighted by Gasteiger charge is 2.18. The summed E-state index contributed by atoms with van der Waals surface area (Å²) in [5, 5.41) is 2.97. The molecule has 0 aliphatic carbocycles. The molecule has 26 heavy (non-hydrogen) atoms. The number of likely N-dealkylation sites (N-methyl/N-ethyl adjacent to an activating group) is 2. The number of anilines is 1. The second-order valence-electron chi connectivity index (χ2n) is 5.92. The molecule has 1 amide bonds. The van der Waals surface area contributed by atoms with Crippen molar-refractivity contribution < 1.29 is 17.6 Å². The molecule has 0 heterocycles. The highest BCUT2D eigenvalue weighted by atomic mass is 32.2. The molecule has 0 radical (unpaired) electrons. The first-order chi connectivity index (χ1) is 12.2. The van der Waals surface area contributed by atoms with Crippen LogP contribution in [0.2, 0.25) is 0 Å². The van der Waals surface area contributed by atoms with Gasteiger partial charge in [0.05, 0.1) is 4.90 Å². The number of nitrogens with zero attached hydrogens (tertiary/aromatic N) is 1. The van der Waals surface area contributed by atoms with Gasteiger partial charge in [0.1, 0.15) is 5.82 Å². The Bertz CT molecular complexity index is 883. The van der Waals surface area contributed by atoms with Gasteiger partial charge in [-0.15, -0.1) is 0 Å². The van der Waals surface area contributed by atoms with Gasteiger partial charge in [0, 0.05) is 31.4 Å². The van der Waals surface area contributed by atoms with Gasteiger partial charge in [0.25, 0.3) is 15.9 Å². The van der Waals surface area contributed by atoms with Crippen molar-refractivity contribution in [1.29, 1.82) is 0 Å². The normalized spacial score (nSPS) is 11.2. The molecule has 0 fully saturated rings. The minimum absolute atomic E-state index is 0.00542. The quantitative estimate of drug-likeness (QED) is 0.773. The highest BCUT2D eigenvalue weighted by Crippen LogP contribution is 2.20. The van der Waals surface area contributed by atoms with E-state index >= 15 is 0 Å². The van der Waals surface area contributed by atoms with Crippen molar-refractivity contribution in [3.63, 3.8) is 0 Å². The number of benzene rings is 2. The first-order valence-corrected chi connectivity index (χ1v) is 9.52. The molecule has 0 atom stereocenters. The Morgan fingerprint density at radius 1 is 1.15 bits per heavy atom. The summed E-state index contributed by atoms with van der Waals surface area (Å²) < 4.78 is 40.5. The van der Waals surface area contributed by atoms with E-state index in [1.54, 1.807) is 24.1 Å². The van der Waals surface area contributed by atoms with Crippen molar-refractivity contribution >= 4 is 21.6 Å². The molecule has 0 bridgehead atoms. The molecule has 2 aromatic carbocycles. The number of halogens is 1. The van der Waals surface area contributed by atoms with Crippen molar-refractivity contribution in [3.8, 4) is 0 Å². The molecule has 0 spiro atoms. The maximum atomic E-state index is 13.2. The van der Waals surface area contributed by atoms with Crippen LogP contribution >= 0.6 is 0 Å². The lowest BCUT2D eigenvalue weighted by Gasteiger charge is -2.17. The average Bonchev–Trinajstić information content (AvgIpc) is 2.59. The third-order valence-electron chi connectivity index (χ3n) is 3.85. The highest BCUT2D eigenvalue weighted by molar-refractivity contribution is 7.92. The average molecular weight is 379 g/mol. The van der Waals surface area contributed by atoms with Gasteiger partial charge in [-0.2, -0.15) is 0 Å². The smallest absolute Gasteiger partial charge is 0.262 e. The largest absolute Gasteiger partial charge is 0.340 e. The molecule has 2 rings (SSSR count). The molecule has 6 nitrogen and oxygen atoms in total. The predicted molar refractivity (Wildman–Crippen MR) is 99.3 cm³/mol. The van der Waals surface area contributed by atoms with Crippen LogP contribution in [0.25, 0.3) is 0 Å². The maximum absolute atomic E-state index is 13.2. The van der Waals surface area contributed by atoms with E-state index in [1.807, 2.05) is 7.05 Å². The second-order valence-corrected chi connectivity index (χ2v) is 7.57. The zero-order valence-corrected chi connectivity index (χ0v) is 15.7. The SMILES string of the molecule is CNCCN(C)C(=O)c1ccc(NS(=O)(=O)c2ccc(F)cc2C)cc1. The van der Waals surface area contributed by atoms with E-state index in [2.05, 4.69) is 10.0 Å². The van der Waals surface area contributed by atoms with Crippen molar-refractivity contribution in [2.75, 3.05) is 31.9 Å². The van der Waals surface area contributed by atoms with E-state index in [1.165, 1.54) is 25.1 Å². The van der Waals surface area contributed by atoms with Gasteiger partial charge in [-0.1, -0.05) is 0 Å². The molecular weight excluding hydrogens is 357 g/mol. The minimum Gasteiger partial charge on any atom is -0.340 e. The number of rotatable bonds is 7. The molecule has 8 heteroatoms. The molecule has 140 valence electrons. The summed E-state index contributed by atoms with van der Waals surface area (Å²) in [5.41, 5.74) is 1.10. The molecule has 0 aliphatic heterocycles. The topological polar surface area (TPSA) is 78.5 Å². The van der Waals surface area contributed by atoms with Gasteiger partial charge in [-0.3, -0.25) is 9.52 Å². The maximum Gasteiger partial charge on any atom is 0.262 e. The Morgan fingerprint density at radius 2 is 1.81 bits per heavy atom. The Kier molecular flexibility index (Phi) is 6.33. The predicted octanol–water partition coefficient (Wildman–Crippen LogP) is 2.23. The molecule has 0 aliphatic rings. The number of hydrogen-bond donors (Lipinski definition) is 2. The van der Waals surface area contributed by atoms with Crippen LogP contribution in [0, 0.1) is 12.7 Å². The summed E-state index contributed by atoms with van der Waals surface area (Å²) in [6, 6.07) is 9.66. The summed E-state index contributed by atoms with van der Waals surface area (Å²) in [6.45, 7) is 2.77. The number of nitrogens with one attached hydrogen (secondary N) is 2. The summed E-state index contributed by atoms with van der Waals surface area (Å²) in [7, 11) is -0.333. The van der Waals surface area contributed by atoms with Gasteiger partial charge in [-0.25, -0.2) is 12.8 Å². The van der Waals surface area contributed by atoms with Crippen LogP contribution in [0.1, 0.15) is 15.9 Å². The molecule has 2 aromatic rings. The van der Waals surface area contributed by atoms with Gasteiger partial charge >= 0.3 is 0 Å². The second kappa shape index (κ2) is 8.29. The first-order valence-electron chi connectivity index (χ1n) is 8.03. The number of sulfonamides is 1. The molecule has 2 N–H and O–H groups in total. The fraction of sp³-hybridized carbons (Fsp3) is 0.278. The zero-order valence-electron chi connectivity index (χ0n) is 14.9. The lowest BCUT2D eigenvalue weighted by Crippen LogP contribution is -2.32. The lowest BCUT2D eigenvalue weighted by atomic mass is 10.2. The standard InChI is InChI=1S/C18H22FN3O3S/c1-13-12-15(19)6-9-17(13)26(24,25)21-16-7-4-14(5-8-16)18(23)22(3)11-10-20-2/h4-9,12,20-21H,10-11H2,1-3H3. The summed E-state index contributed by atoms with van der Waals surface area (Å²) >= 11 is 0. The van der Waals surface area contributed by atoms with Crippen LogP contribution in [-0.4, -0.2) is 46.4 Å². The number of amides is 1. The van der Waals surface area contributed by atoms with Crippen molar-refractivity contribution in [2.45, 2.75) is 11.8 Å². The fourth-order valence-corrected chi connectivity index (χ4v) is 3.69. The third-order valence-corrected chi connectivity index (χ3v) is 5.40. The summed E-state index contributed by atoms with van der Waals surface area (Å²) in [4.78, 5) is 13.9. The number of aryl methyl sites for hydroxylation is 1. The van der Waals surface area contributed by atoms with Gasteiger partial charge in [0.2, 0.25) is 0 Å². The van der Waals surface area contributed by atoms with Crippen LogP contribution in [0.4, 0.5) is 10.1 Å². The molecule has 0 aromatic heterocycles. The van der Waals surface area contributed by atoms with E-state index in [0.29, 0.717) is 29.9 Å². The fourth-order valence-electron chi connectivity index (χ4n) is 2.41. The minimum atomic E-state index is -3.84. The van der Waals surface area contributed by atoms with Crippen LogP contribution in [-0.2, 0) is 10.0 Å². The van der Waals surface area contributed by atoms with Gasteiger partial charge in [-0.05, 0) is 62.0 Å². The van der Waals surface area contributed by atoms with Crippen LogP contribution < -0.4 is 10.0 Å². The first kappa shape index (κ1) is 19.9. The summed E-state index contributed by atoms with van der Waals surface area (Å²) in [6.07, 6.45) is 0. The van der Waals surface area contributed by atoms with E-state index in [4.69, 9.17) is 0 Å². The monoisotopic (exact) mass is 379 g/mol. The molecule has 0 saturated carbocycles. The van der Waals surface area contributed by atoms with Crippen LogP contribution in [0.15, 0.2) is 47.4 Å².